The summed E-state index contributed by atoms with van der Waals surface area (Å²) in [6.07, 6.45) is 0. The van der Waals surface area contributed by atoms with Crippen molar-refractivity contribution < 1.29 is 14.3 Å². The topological polar surface area (TPSA) is 48.4 Å². The van der Waals surface area contributed by atoms with E-state index >= 15 is 0 Å². The average molecular weight is 270 g/mol. The highest BCUT2D eigenvalue weighted by atomic mass is 35.5. The number of esters is 1. The first-order valence-electron chi connectivity index (χ1n) is 4.66. The van der Waals surface area contributed by atoms with E-state index in [-0.39, 0.29) is 5.97 Å². The number of halogens is 1. The lowest BCUT2D eigenvalue weighted by molar-refractivity contribution is 0.0600. The summed E-state index contributed by atoms with van der Waals surface area (Å²) in [6.45, 7) is 0. The third kappa shape index (κ3) is 2.95. The minimum atomic E-state index is -0.381. The Morgan fingerprint density at radius 3 is 2.59 bits per heavy atom. The monoisotopic (exact) mass is 269 g/mol. The molecule has 0 unspecified atom stereocenters. The molecule has 0 spiro atoms. The van der Waals surface area contributed by atoms with Crippen molar-refractivity contribution in [3.63, 3.8) is 0 Å². The maximum Gasteiger partial charge on any atom is 0.337 e. The maximum atomic E-state index is 11.2. The van der Waals surface area contributed by atoms with Gasteiger partial charge in [0.15, 0.2) is 0 Å². The van der Waals surface area contributed by atoms with Crippen molar-refractivity contribution in [3.05, 3.63) is 40.4 Å². The molecule has 0 amide bonds. The SMILES string of the molecule is COC(=O)c1ccc(Oc2nc(Cl)cs2)cc1. The molecule has 1 aromatic heterocycles. The molecule has 4 nitrogen and oxygen atoms in total. The van der Waals surface area contributed by atoms with Crippen LogP contribution in [0.15, 0.2) is 29.6 Å². The number of carbonyl (C=O) groups is 1. The molecular weight excluding hydrogens is 262 g/mol. The molecule has 88 valence electrons. The van der Waals surface area contributed by atoms with E-state index < -0.39 is 0 Å². The fraction of sp³-hybridized carbons (Fsp3) is 0.0909. The van der Waals surface area contributed by atoms with E-state index in [4.69, 9.17) is 16.3 Å². The van der Waals surface area contributed by atoms with Crippen LogP contribution < -0.4 is 4.74 Å². The van der Waals surface area contributed by atoms with Gasteiger partial charge in [-0.3, -0.25) is 0 Å². The van der Waals surface area contributed by atoms with Crippen molar-refractivity contribution >= 4 is 28.9 Å². The second-order valence-electron chi connectivity index (χ2n) is 3.05. The van der Waals surface area contributed by atoms with Gasteiger partial charge in [0, 0.05) is 5.38 Å². The summed E-state index contributed by atoms with van der Waals surface area (Å²) in [5.74, 6) is 0.206. The lowest BCUT2D eigenvalue weighted by Crippen LogP contribution is -2.00. The number of nitrogens with zero attached hydrogens (tertiary/aromatic N) is 1. The fourth-order valence-electron chi connectivity index (χ4n) is 1.16. The number of thiazole rings is 1. The minimum absolute atomic E-state index is 0.381. The van der Waals surface area contributed by atoms with Gasteiger partial charge in [-0.1, -0.05) is 22.9 Å². The van der Waals surface area contributed by atoms with Crippen LogP contribution in [0, 0.1) is 0 Å². The Bertz CT molecular complexity index is 524. The zero-order valence-corrected chi connectivity index (χ0v) is 10.4. The van der Waals surface area contributed by atoms with Crippen LogP contribution in [0.25, 0.3) is 0 Å². The van der Waals surface area contributed by atoms with Crippen molar-refractivity contribution in [1.29, 1.82) is 0 Å². The van der Waals surface area contributed by atoms with Gasteiger partial charge in [-0.15, -0.1) is 0 Å². The minimum Gasteiger partial charge on any atom is -0.465 e. The predicted octanol–water partition coefficient (Wildman–Crippen LogP) is 3.38. The maximum absolute atomic E-state index is 11.2. The van der Waals surface area contributed by atoms with Crippen molar-refractivity contribution in [2.24, 2.45) is 0 Å². The van der Waals surface area contributed by atoms with Gasteiger partial charge in [-0.2, -0.15) is 4.98 Å². The molecule has 0 aliphatic rings. The molecule has 6 heteroatoms. The molecule has 1 aromatic carbocycles. The standard InChI is InChI=1S/C11H8ClNO3S/c1-15-10(14)7-2-4-8(5-3-7)16-11-13-9(12)6-17-11/h2-6H,1H3. The molecular formula is C11H8ClNO3S. The summed E-state index contributed by atoms with van der Waals surface area (Å²) in [7, 11) is 1.34. The molecule has 0 bridgehead atoms. The van der Waals surface area contributed by atoms with E-state index in [9.17, 15) is 4.79 Å². The first-order chi connectivity index (χ1) is 8.19. The Morgan fingerprint density at radius 1 is 1.35 bits per heavy atom. The van der Waals surface area contributed by atoms with E-state index in [1.807, 2.05) is 0 Å². The highest BCUT2D eigenvalue weighted by Gasteiger charge is 2.06. The van der Waals surface area contributed by atoms with Gasteiger partial charge in [-0.25, -0.2) is 4.79 Å². The van der Waals surface area contributed by atoms with E-state index in [1.165, 1.54) is 18.4 Å². The second-order valence-corrected chi connectivity index (χ2v) is 4.26. The van der Waals surface area contributed by atoms with Gasteiger partial charge in [-0.05, 0) is 24.3 Å². The number of benzene rings is 1. The number of hydrogen-bond acceptors (Lipinski definition) is 5. The Hall–Kier alpha value is -1.59. The molecule has 0 saturated heterocycles. The zero-order valence-electron chi connectivity index (χ0n) is 8.84. The summed E-state index contributed by atoms with van der Waals surface area (Å²) >= 11 is 6.97. The summed E-state index contributed by atoms with van der Waals surface area (Å²) in [4.78, 5) is 15.1. The summed E-state index contributed by atoms with van der Waals surface area (Å²) in [6, 6.07) is 6.58. The largest absolute Gasteiger partial charge is 0.465 e. The number of hydrogen-bond donors (Lipinski definition) is 0. The third-order valence-electron chi connectivity index (χ3n) is 1.94. The first-order valence-corrected chi connectivity index (χ1v) is 5.92. The summed E-state index contributed by atoms with van der Waals surface area (Å²) in [5, 5.41) is 2.54. The van der Waals surface area contributed by atoms with E-state index in [0.717, 1.165) is 0 Å². The molecule has 0 aliphatic carbocycles. The van der Waals surface area contributed by atoms with E-state index in [2.05, 4.69) is 9.72 Å². The average Bonchev–Trinajstić information content (AvgIpc) is 2.75. The highest BCUT2D eigenvalue weighted by molar-refractivity contribution is 7.11. The van der Waals surface area contributed by atoms with Gasteiger partial charge >= 0.3 is 5.97 Å². The normalized spacial score (nSPS) is 10.0. The number of rotatable bonds is 3. The van der Waals surface area contributed by atoms with Crippen LogP contribution in [0.5, 0.6) is 10.9 Å². The van der Waals surface area contributed by atoms with Crippen LogP contribution in [-0.4, -0.2) is 18.1 Å². The molecule has 0 fully saturated rings. The summed E-state index contributed by atoms with van der Waals surface area (Å²) < 4.78 is 10.0. The molecule has 0 N–H and O–H groups in total. The van der Waals surface area contributed by atoms with Gasteiger partial charge in [0.05, 0.1) is 12.7 Å². The Labute approximate surface area is 107 Å². The lowest BCUT2D eigenvalue weighted by Gasteiger charge is -2.02. The quantitative estimate of drug-likeness (QED) is 0.802. The number of aromatic nitrogens is 1. The number of carbonyl (C=O) groups excluding carboxylic acids is 1. The fourth-order valence-corrected chi connectivity index (χ4v) is 1.97. The molecule has 0 saturated carbocycles. The molecule has 0 radical (unpaired) electrons. The lowest BCUT2D eigenvalue weighted by atomic mass is 10.2. The molecule has 17 heavy (non-hydrogen) atoms. The van der Waals surface area contributed by atoms with Crippen LogP contribution in [0.2, 0.25) is 5.15 Å². The molecule has 0 aliphatic heterocycles. The van der Waals surface area contributed by atoms with Crippen molar-refractivity contribution in [2.75, 3.05) is 7.11 Å². The number of ether oxygens (including phenoxy) is 2. The van der Waals surface area contributed by atoms with Crippen LogP contribution in [0.4, 0.5) is 0 Å². The highest BCUT2D eigenvalue weighted by Crippen LogP contribution is 2.27. The first kappa shape index (κ1) is 11.9. The molecule has 2 rings (SSSR count). The third-order valence-corrected chi connectivity index (χ3v) is 2.98. The van der Waals surface area contributed by atoms with Crippen molar-refractivity contribution in [1.82, 2.24) is 4.98 Å². The molecule has 1 heterocycles. The Kier molecular flexibility index (Phi) is 3.61. The second kappa shape index (κ2) is 5.16. The smallest absolute Gasteiger partial charge is 0.337 e. The van der Waals surface area contributed by atoms with Crippen molar-refractivity contribution in [3.8, 4) is 10.9 Å². The van der Waals surface area contributed by atoms with E-state index in [1.54, 1.807) is 29.6 Å². The van der Waals surface area contributed by atoms with Gasteiger partial charge in [0.2, 0.25) is 0 Å². The van der Waals surface area contributed by atoms with Crippen molar-refractivity contribution in [2.45, 2.75) is 0 Å². The summed E-state index contributed by atoms with van der Waals surface area (Å²) in [5.41, 5.74) is 0.469. The number of methoxy groups -OCH3 is 1. The predicted molar refractivity (Wildman–Crippen MR) is 65.0 cm³/mol. The van der Waals surface area contributed by atoms with Gasteiger partial charge < -0.3 is 9.47 Å². The van der Waals surface area contributed by atoms with Gasteiger partial charge in [0.25, 0.3) is 5.19 Å². The van der Waals surface area contributed by atoms with Crippen LogP contribution in [0.1, 0.15) is 10.4 Å². The zero-order chi connectivity index (χ0) is 12.3. The molecule has 0 atom stereocenters. The molecule has 2 aromatic rings. The van der Waals surface area contributed by atoms with Crippen LogP contribution in [0.3, 0.4) is 0 Å². The van der Waals surface area contributed by atoms with E-state index in [0.29, 0.717) is 21.7 Å². The van der Waals surface area contributed by atoms with Gasteiger partial charge in [0.1, 0.15) is 10.9 Å². The Balaban J connectivity index is 2.10. The van der Waals surface area contributed by atoms with Crippen LogP contribution >= 0.6 is 22.9 Å². The van der Waals surface area contributed by atoms with Crippen LogP contribution in [-0.2, 0) is 4.74 Å². The Morgan fingerprint density at radius 2 is 2.06 bits per heavy atom.